The highest BCUT2D eigenvalue weighted by Gasteiger charge is 2.08. The number of anilines is 2. The molecule has 0 atom stereocenters. The number of aromatic nitrogens is 3. The van der Waals surface area contributed by atoms with Gasteiger partial charge in [0, 0.05) is 18.5 Å². The molecule has 0 saturated carbocycles. The molecule has 2 N–H and O–H groups in total. The molecule has 0 aliphatic heterocycles. The van der Waals surface area contributed by atoms with E-state index in [9.17, 15) is 9.18 Å². The van der Waals surface area contributed by atoms with E-state index in [2.05, 4.69) is 20.7 Å². The highest BCUT2D eigenvalue weighted by atomic mass is 19.1. The Labute approximate surface area is 143 Å². The maximum atomic E-state index is 13.5. The standard InChI is InChI=1S/C17H16FN5O2/c1-25-13-4-2-12(3-5-13)11-23-9-7-16(22-23)21-17(24)20-15-6-8-19-10-14(15)18/h2-10H,11H2,1H3,(H2,19,20,21,22,24). The number of amides is 2. The van der Waals surface area contributed by atoms with Crippen molar-refractivity contribution >= 4 is 17.5 Å². The van der Waals surface area contributed by atoms with Crippen LogP contribution in [0.1, 0.15) is 5.56 Å². The second kappa shape index (κ2) is 7.43. The molecule has 0 bridgehead atoms. The van der Waals surface area contributed by atoms with Gasteiger partial charge in [-0.3, -0.25) is 15.0 Å². The van der Waals surface area contributed by atoms with Crippen LogP contribution in [0.4, 0.5) is 20.7 Å². The SMILES string of the molecule is COc1ccc(Cn2ccc(NC(=O)Nc3ccncc3F)n2)cc1. The minimum absolute atomic E-state index is 0.0464. The van der Waals surface area contributed by atoms with Crippen molar-refractivity contribution in [2.75, 3.05) is 17.7 Å². The van der Waals surface area contributed by atoms with Gasteiger partial charge in [0.1, 0.15) is 5.75 Å². The number of halogens is 1. The highest BCUT2D eigenvalue weighted by molar-refractivity contribution is 5.99. The second-order valence-electron chi connectivity index (χ2n) is 5.18. The van der Waals surface area contributed by atoms with Crippen molar-refractivity contribution in [1.29, 1.82) is 0 Å². The lowest BCUT2D eigenvalue weighted by Crippen LogP contribution is -2.20. The largest absolute Gasteiger partial charge is 0.497 e. The quantitative estimate of drug-likeness (QED) is 0.747. The van der Waals surface area contributed by atoms with Gasteiger partial charge in [-0.15, -0.1) is 0 Å². The van der Waals surface area contributed by atoms with Gasteiger partial charge in [-0.25, -0.2) is 9.18 Å². The third-order valence-electron chi connectivity index (χ3n) is 3.41. The zero-order valence-corrected chi connectivity index (χ0v) is 13.4. The first-order valence-corrected chi connectivity index (χ1v) is 7.48. The number of nitrogens with zero attached hydrogens (tertiary/aromatic N) is 3. The smallest absolute Gasteiger partial charge is 0.324 e. The van der Waals surface area contributed by atoms with Crippen molar-refractivity contribution in [3.8, 4) is 5.75 Å². The molecule has 0 unspecified atom stereocenters. The number of rotatable bonds is 5. The van der Waals surface area contributed by atoms with E-state index in [0.717, 1.165) is 17.5 Å². The first-order valence-electron chi connectivity index (χ1n) is 7.48. The molecule has 128 valence electrons. The molecule has 2 aromatic heterocycles. The number of hydrogen-bond donors (Lipinski definition) is 2. The molecule has 7 nitrogen and oxygen atoms in total. The number of hydrogen-bond acceptors (Lipinski definition) is 4. The summed E-state index contributed by atoms with van der Waals surface area (Å²) in [7, 11) is 1.61. The first kappa shape index (κ1) is 16.4. The topological polar surface area (TPSA) is 81.1 Å². The highest BCUT2D eigenvalue weighted by Crippen LogP contribution is 2.14. The Morgan fingerprint density at radius 3 is 2.72 bits per heavy atom. The average Bonchev–Trinajstić information content (AvgIpc) is 3.04. The molecule has 2 heterocycles. The van der Waals surface area contributed by atoms with Gasteiger partial charge in [0.15, 0.2) is 11.6 Å². The third-order valence-corrected chi connectivity index (χ3v) is 3.41. The number of carbonyl (C=O) groups is 1. The Bertz CT molecular complexity index is 863. The van der Waals surface area contributed by atoms with Crippen LogP contribution in [0.15, 0.2) is 55.0 Å². The van der Waals surface area contributed by atoms with Crippen LogP contribution in [0.3, 0.4) is 0 Å². The number of carbonyl (C=O) groups excluding carboxylic acids is 1. The number of benzene rings is 1. The van der Waals surface area contributed by atoms with Crippen molar-refractivity contribution < 1.29 is 13.9 Å². The average molecular weight is 341 g/mol. The van der Waals surface area contributed by atoms with Crippen LogP contribution >= 0.6 is 0 Å². The Hall–Kier alpha value is -3.42. The Kier molecular flexibility index (Phi) is 4.89. The number of nitrogens with one attached hydrogen (secondary N) is 2. The normalized spacial score (nSPS) is 10.3. The molecule has 0 aliphatic carbocycles. The lowest BCUT2D eigenvalue weighted by Gasteiger charge is -2.06. The number of methoxy groups -OCH3 is 1. The maximum absolute atomic E-state index is 13.5. The summed E-state index contributed by atoms with van der Waals surface area (Å²) in [6.07, 6.45) is 4.16. The van der Waals surface area contributed by atoms with E-state index in [1.54, 1.807) is 24.1 Å². The molecule has 8 heteroatoms. The Balaban J connectivity index is 1.59. The van der Waals surface area contributed by atoms with Gasteiger partial charge in [-0.2, -0.15) is 5.10 Å². The van der Waals surface area contributed by atoms with Crippen LogP contribution in [0.25, 0.3) is 0 Å². The van der Waals surface area contributed by atoms with Gasteiger partial charge in [0.25, 0.3) is 0 Å². The van der Waals surface area contributed by atoms with Gasteiger partial charge in [-0.05, 0) is 23.8 Å². The van der Waals surface area contributed by atoms with E-state index >= 15 is 0 Å². The summed E-state index contributed by atoms with van der Waals surface area (Å²) in [5.74, 6) is 0.537. The molecular formula is C17H16FN5O2. The van der Waals surface area contributed by atoms with Crippen LogP contribution in [-0.2, 0) is 6.54 Å². The minimum Gasteiger partial charge on any atom is -0.497 e. The molecule has 25 heavy (non-hydrogen) atoms. The summed E-state index contributed by atoms with van der Waals surface area (Å²) >= 11 is 0. The van der Waals surface area contributed by atoms with E-state index in [1.807, 2.05) is 24.3 Å². The fourth-order valence-corrected chi connectivity index (χ4v) is 2.18. The maximum Gasteiger partial charge on any atom is 0.324 e. The van der Waals surface area contributed by atoms with E-state index < -0.39 is 11.8 Å². The van der Waals surface area contributed by atoms with Gasteiger partial charge >= 0.3 is 6.03 Å². The zero-order chi connectivity index (χ0) is 17.6. The molecule has 3 aromatic rings. The number of urea groups is 1. The van der Waals surface area contributed by atoms with Crippen molar-refractivity contribution in [2.24, 2.45) is 0 Å². The molecule has 0 aliphatic rings. The summed E-state index contributed by atoms with van der Waals surface area (Å²) in [6.45, 7) is 0.548. The first-order chi connectivity index (χ1) is 12.1. The fourth-order valence-electron chi connectivity index (χ4n) is 2.18. The van der Waals surface area contributed by atoms with Crippen molar-refractivity contribution in [3.05, 3.63) is 66.4 Å². The minimum atomic E-state index is -0.609. The second-order valence-corrected chi connectivity index (χ2v) is 5.18. The summed E-state index contributed by atoms with van der Waals surface area (Å²) in [5, 5.41) is 9.21. The third kappa shape index (κ3) is 4.31. The Morgan fingerprint density at radius 2 is 2.00 bits per heavy atom. The molecule has 0 saturated heterocycles. The van der Waals surface area contributed by atoms with Gasteiger partial charge in [0.05, 0.1) is 25.5 Å². The summed E-state index contributed by atoms with van der Waals surface area (Å²) < 4.78 is 20.3. The lowest BCUT2D eigenvalue weighted by molar-refractivity contribution is 0.262. The number of ether oxygens (including phenoxy) is 1. The molecule has 3 rings (SSSR count). The van der Waals surface area contributed by atoms with Crippen molar-refractivity contribution in [3.63, 3.8) is 0 Å². The van der Waals surface area contributed by atoms with Crippen molar-refractivity contribution in [1.82, 2.24) is 14.8 Å². The zero-order valence-electron chi connectivity index (χ0n) is 13.4. The molecule has 2 amide bonds. The predicted octanol–water partition coefficient (Wildman–Crippen LogP) is 3.12. The summed E-state index contributed by atoms with van der Waals surface area (Å²) in [4.78, 5) is 15.5. The van der Waals surface area contributed by atoms with Crippen LogP contribution in [0.2, 0.25) is 0 Å². The summed E-state index contributed by atoms with van der Waals surface area (Å²) in [5.41, 5.74) is 1.09. The fraction of sp³-hybridized carbons (Fsp3) is 0.118. The van der Waals surface area contributed by atoms with E-state index in [0.29, 0.717) is 12.4 Å². The number of pyridine rings is 1. The molecule has 0 fully saturated rings. The van der Waals surface area contributed by atoms with E-state index in [4.69, 9.17) is 4.74 Å². The monoisotopic (exact) mass is 341 g/mol. The molecule has 1 aromatic carbocycles. The van der Waals surface area contributed by atoms with E-state index in [-0.39, 0.29) is 5.69 Å². The van der Waals surface area contributed by atoms with Gasteiger partial charge in [0.2, 0.25) is 0 Å². The molecule has 0 radical (unpaired) electrons. The summed E-state index contributed by atoms with van der Waals surface area (Å²) in [6, 6.07) is 10.1. The van der Waals surface area contributed by atoms with Gasteiger partial charge < -0.3 is 10.1 Å². The van der Waals surface area contributed by atoms with Crippen LogP contribution < -0.4 is 15.4 Å². The molecule has 0 spiro atoms. The Morgan fingerprint density at radius 1 is 1.20 bits per heavy atom. The lowest BCUT2D eigenvalue weighted by atomic mass is 10.2. The van der Waals surface area contributed by atoms with Crippen molar-refractivity contribution in [2.45, 2.75) is 6.54 Å². The van der Waals surface area contributed by atoms with Gasteiger partial charge in [-0.1, -0.05) is 12.1 Å². The van der Waals surface area contributed by atoms with Crippen LogP contribution in [0.5, 0.6) is 5.75 Å². The van der Waals surface area contributed by atoms with E-state index in [1.165, 1.54) is 12.3 Å². The predicted molar refractivity (Wildman–Crippen MR) is 91.2 cm³/mol. The van der Waals surface area contributed by atoms with Crippen LogP contribution in [0, 0.1) is 5.82 Å². The molecular weight excluding hydrogens is 325 g/mol. The van der Waals surface area contributed by atoms with Crippen LogP contribution in [-0.4, -0.2) is 27.9 Å².